The van der Waals surface area contributed by atoms with Crippen molar-refractivity contribution in [3.63, 3.8) is 0 Å². The monoisotopic (exact) mass is 187 g/mol. The van der Waals surface area contributed by atoms with E-state index in [4.69, 9.17) is 0 Å². The average Bonchev–Trinajstić information content (AvgIpc) is 2.37. The number of urea groups is 1. The second kappa shape index (κ2) is 4.35. The molecule has 0 aromatic carbocycles. The molecule has 0 unspecified atom stereocenters. The topological polar surface area (TPSA) is 44.7 Å². The summed E-state index contributed by atoms with van der Waals surface area (Å²) in [4.78, 5) is 16.9. The number of nitrogens with zero attached hydrogens (tertiary/aromatic N) is 2. The molecule has 5 heteroatoms. The van der Waals surface area contributed by atoms with Crippen LogP contribution in [0.3, 0.4) is 0 Å². The van der Waals surface area contributed by atoms with Crippen LogP contribution in [-0.2, 0) is 0 Å². The van der Waals surface area contributed by atoms with E-state index in [0.717, 1.165) is 17.5 Å². The Hall–Kier alpha value is -0.710. The lowest BCUT2D eigenvalue weighted by molar-refractivity contribution is 0.249. The first-order valence-electron chi connectivity index (χ1n) is 3.94. The smallest absolute Gasteiger partial charge is 0.343 e. The lowest BCUT2D eigenvalue weighted by atomic mass is 10.7. The number of aliphatic imine (C=N–C) groups is 1. The molecule has 1 rings (SSSR count). The molecule has 0 atom stereocenters. The fraction of sp³-hybridized carbons (Fsp3) is 0.714. The van der Waals surface area contributed by atoms with Crippen molar-refractivity contribution in [2.24, 2.45) is 4.99 Å². The van der Waals surface area contributed by atoms with Gasteiger partial charge in [-0.05, 0) is 6.92 Å². The summed E-state index contributed by atoms with van der Waals surface area (Å²) in [6, 6.07) is -0.242. The van der Waals surface area contributed by atoms with Crippen LogP contribution in [0.2, 0.25) is 0 Å². The minimum atomic E-state index is -0.242. The Morgan fingerprint density at radius 3 is 3.08 bits per heavy atom. The number of nitrogens with one attached hydrogen (secondary N) is 1. The highest BCUT2D eigenvalue weighted by molar-refractivity contribution is 8.14. The molecule has 1 fully saturated rings. The lowest BCUT2D eigenvalue weighted by Crippen LogP contribution is -2.24. The zero-order valence-electron chi connectivity index (χ0n) is 7.33. The Kier molecular flexibility index (Phi) is 3.40. The first-order chi connectivity index (χ1) is 5.74. The SMILES string of the molecule is CCNC(=O)N=C1SCCN1C. The van der Waals surface area contributed by atoms with Crippen molar-refractivity contribution in [3.05, 3.63) is 0 Å². The Bertz CT molecular complexity index is 205. The van der Waals surface area contributed by atoms with Crippen molar-refractivity contribution in [3.8, 4) is 0 Å². The molecular weight excluding hydrogens is 174 g/mol. The molecule has 1 aliphatic heterocycles. The first-order valence-corrected chi connectivity index (χ1v) is 4.93. The fourth-order valence-electron chi connectivity index (χ4n) is 0.875. The van der Waals surface area contributed by atoms with Crippen LogP contribution >= 0.6 is 11.8 Å². The summed E-state index contributed by atoms with van der Waals surface area (Å²) in [6.07, 6.45) is 0. The van der Waals surface area contributed by atoms with Gasteiger partial charge in [0.05, 0.1) is 0 Å². The third-order valence-electron chi connectivity index (χ3n) is 1.51. The molecule has 0 radical (unpaired) electrons. The molecule has 0 spiro atoms. The number of amidine groups is 1. The minimum Gasteiger partial charge on any atom is -0.353 e. The minimum absolute atomic E-state index is 0.242. The summed E-state index contributed by atoms with van der Waals surface area (Å²) < 4.78 is 0. The number of carbonyl (C=O) groups excluding carboxylic acids is 1. The van der Waals surface area contributed by atoms with Crippen LogP contribution in [0.15, 0.2) is 4.99 Å². The van der Waals surface area contributed by atoms with Gasteiger partial charge in [0.15, 0.2) is 5.17 Å². The van der Waals surface area contributed by atoms with Crippen LogP contribution in [0.4, 0.5) is 4.79 Å². The van der Waals surface area contributed by atoms with E-state index in [0.29, 0.717) is 6.54 Å². The van der Waals surface area contributed by atoms with Gasteiger partial charge in [0.25, 0.3) is 0 Å². The number of hydrogen-bond acceptors (Lipinski definition) is 2. The van der Waals surface area contributed by atoms with Gasteiger partial charge in [-0.25, -0.2) is 4.79 Å². The summed E-state index contributed by atoms with van der Waals surface area (Å²) in [5, 5.41) is 3.45. The van der Waals surface area contributed by atoms with Crippen molar-refractivity contribution >= 4 is 23.0 Å². The maximum absolute atomic E-state index is 11.0. The van der Waals surface area contributed by atoms with Gasteiger partial charge in [0.1, 0.15) is 0 Å². The average molecular weight is 187 g/mol. The summed E-state index contributed by atoms with van der Waals surface area (Å²) in [6.45, 7) is 3.48. The second-order valence-electron chi connectivity index (χ2n) is 2.50. The molecule has 1 saturated heterocycles. The molecule has 1 heterocycles. The molecule has 1 aliphatic rings. The van der Waals surface area contributed by atoms with Crippen LogP contribution in [0, 0.1) is 0 Å². The van der Waals surface area contributed by atoms with E-state index < -0.39 is 0 Å². The Labute approximate surface area is 76.4 Å². The maximum Gasteiger partial charge on any atom is 0.343 e. The van der Waals surface area contributed by atoms with E-state index in [-0.39, 0.29) is 6.03 Å². The molecule has 0 bridgehead atoms. The van der Waals surface area contributed by atoms with Gasteiger partial charge in [-0.2, -0.15) is 4.99 Å². The van der Waals surface area contributed by atoms with Gasteiger partial charge < -0.3 is 10.2 Å². The Morgan fingerprint density at radius 2 is 2.58 bits per heavy atom. The van der Waals surface area contributed by atoms with E-state index in [9.17, 15) is 4.79 Å². The number of carbonyl (C=O) groups is 1. The van der Waals surface area contributed by atoms with Crippen LogP contribution in [0.1, 0.15) is 6.92 Å². The molecule has 4 nitrogen and oxygen atoms in total. The van der Waals surface area contributed by atoms with Crippen molar-refractivity contribution < 1.29 is 4.79 Å². The Morgan fingerprint density at radius 1 is 1.83 bits per heavy atom. The molecule has 12 heavy (non-hydrogen) atoms. The predicted molar refractivity (Wildman–Crippen MR) is 51.6 cm³/mol. The summed E-state index contributed by atoms with van der Waals surface area (Å²) in [5.74, 6) is 1.02. The van der Waals surface area contributed by atoms with Crippen LogP contribution in [-0.4, -0.2) is 42.0 Å². The number of thioether (sulfide) groups is 1. The summed E-state index contributed by atoms with van der Waals surface area (Å²) in [5.41, 5.74) is 0. The molecule has 0 aromatic heterocycles. The Balaban J connectivity index is 2.49. The van der Waals surface area contributed by atoms with E-state index in [2.05, 4.69) is 10.3 Å². The largest absolute Gasteiger partial charge is 0.353 e. The van der Waals surface area contributed by atoms with Crippen molar-refractivity contribution in [2.45, 2.75) is 6.92 Å². The van der Waals surface area contributed by atoms with Crippen LogP contribution in [0.25, 0.3) is 0 Å². The van der Waals surface area contributed by atoms with Crippen molar-refractivity contribution in [2.75, 3.05) is 25.9 Å². The van der Waals surface area contributed by atoms with Gasteiger partial charge in [-0.15, -0.1) is 0 Å². The summed E-state index contributed by atoms with van der Waals surface area (Å²) in [7, 11) is 1.94. The second-order valence-corrected chi connectivity index (χ2v) is 3.56. The first kappa shape index (κ1) is 9.38. The van der Waals surface area contributed by atoms with Gasteiger partial charge in [0.2, 0.25) is 0 Å². The lowest BCUT2D eigenvalue weighted by Gasteiger charge is -2.08. The summed E-state index contributed by atoms with van der Waals surface area (Å²) >= 11 is 1.62. The van der Waals surface area contributed by atoms with Crippen molar-refractivity contribution in [1.82, 2.24) is 10.2 Å². The molecule has 1 N–H and O–H groups in total. The van der Waals surface area contributed by atoms with Gasteiger partial charge >= 0.3 is 6.03 Å². The van der Waals surface area contributed by atoms with E-state index in [1.807, 2.05) is 18.9 Å². The number of hydrogen-bond donors (Lipinski definition) is 1. The van der Waals surface area contributed by atoms with E-state index >= 15 is 0 Å². The van der Waals surface area contributed by atoms with Gasteiger partial charge in [0, 0.05) is 25.9 Å². The van der Waals surface area contributed by atoms with Gasteiger partial charge in [-0.3, -0.25) is 0 Å². The van der Waals surface area contributed by atoms with Crippen LogP contribution < -0.4 is 5.32 Å². The normalized spacial score (nSPS) is 20.2. The third-order valence-corrected chi connectivity index (χ3v) is 2.56. The van der Waals surface area contributed by atoms with Gasteiger partial charge in [-0.1, -0.05) is 11.8 Å². The molecule has 2 amide bonds. The standard InChI is InChI=1S/C7H13N3OS/c1-3-8-6(11)9-7-10(2)4-5-12-7/h3-5H2,1-2H3,(H,8,11). The zero-order valence-corrected chi connectivity index (χ0v) is 8.15. The molecule has 0 saturated carbocycles. The molecule has 0 aromatic rings. The number of rotatable bonds is 1. The zero-order chi connectivity index (χ0) is 8.97. The highest BCUT2D eigenvalue weighted by Crippen LogP contribution is 2.15. The predicted octanol–water partition coefficient (Wildman–Crippen LogP) is 0.751. The third kappa shape index (κ3) is 2.41. The van der Waals surface area contributed by atoms with Crippen LogP contribution in [0.5, 0.6) is 0 Å². The fourth-order valence-corrected chi connectivity index (χ4v) is 1.88. The molecule has 0 aliphatic carbocycles. The van der Waals surface area contributed by atoms with Crippen molar-refractivity contribution in [1.29, 1.82) is 0 Å². The maximum atomic E-state index is 11.0. The highest BCUT2D eigenvalue weighted by Gasteiger charge is 2.15. The molecule has 68 valence electrons. The van der Waals surface area contributed by atoms with E-state index in [1.165, 1.54) is 0 Å². The quantitative estimate of drug-likeness (QED) is 0.659. The molecular formula is C7H13N3OS. The number of amides is 2. The highest BCUT2D eigenvalue weighted by atomic mass is 32.2. The van der Waals surface area contributed by atoms with E-state index in [1.54, 1.807) is 11.8 Å².